The van der Waals surface area contributed by atoms with Crippen molar-refractivity contribution < 1.29 is 14.3 Å². The Morgan fingerprint density at radius 1 is 1.67 bits per heavy atom. The summed E-state index contributed by atoms with van der Waals surface area (Å²) in [6.45, 7) is 4.28. The van der Waals surface area contributed by atoms with Gasteiger partial charge in [0.15, 0.2) is 0 Å². The standard InChI is InChI=1S/C12H17N5O3S/c1-3-20-11-14-10(15-16-11)13-9(19)7-6-21-12(2)5-4-8(18)17(7)12/h7H,3-6H2,1-2H3,(H2,13,14,15,16,19). The van der Waals surface area contributed by atoms with Crippen LogP contribution in [0.3, 0.4) is 0 Å². The zero-order chi connectivity index (χ0) is 15.0. The first-order valence-electron chi connectivity index (χ1n) is 6.85. The van der Waals surface area contributed by atoms with Crippen LogP contribution in [0.1, 0.15) is 26.7 Å². The molecule has 2 N–H and O–H groups in total. The highest BCUT2D eigenvalue weighted by atomic mass is 32.2. The van der Waals surface area contributed by atoms with Gasteiger partial charge in [0.1, 0.15) is 6.04 Å². The molecule has 0 spiro atoms. The predicted molar refractivity (Wildman–Crippen MR) is 76.9 cm³/mol. The van der Waals surface area contributed by atoms with Crippen molar-refractivity contribution in [2.75, 3.05) is 17.7 Å². The zero-order valence-corrected chi connectivity index (χ0v) is 12.7. The van der Waals surface area contributed by atoms with Gasteiger partial charge in [-0.05, 0) is 20.3 Å². The lowest BCUT2D eigenvalue weighted by Crippen LogP contribution is -2.48. The highest BCUT2D eigenvalue weighted by molar-refractivity contribution is 8.01. The summed E-state index contributed by atoms with van der Waals surface area (Å²) in [5.41, 5.74) is 0. The number of rotatable bonds is 4. The number of anilines is 1. The van der Waals surface area contributed by atoms with E-state index in [-0.39, 0.29) is 28.6 Å². The van der Waals surface area contributed by atoms with E-state index in [4.69, 9.17) is 4.74 Å². The average Bonchev–Trinajstić information content (AvgIpc) is 3.08. The molecular formula is C12H17N5O3S. The number of hydrogen-bond donors (Lipinski definition) is 2. The third-order valence-corrected chi connectivity index (χ3v) is 5.23. The number of aromatic nitrogens is 3. The Bertz CT molecular complexity index is 577. The molecule has 8 nitrogen and oxygen atoms in total. The van der Waals surface area contributed by atoms with Gasteiger partial charge < -0.3 is 9.64 Å². The largest absolute Gasteiger partial charge is 0.463 e. The molecule has 2 saturated heterocycles. The molecule has 0 bridgehead atoms. The molecule has 2 atom stereocenters. The van der Waals surface area contributed by atoms with Crippen LogP contribution < -0.4 is 10.1 Å². The molecule has 3 rings (SSSR count). The van der Waals surface area contributed by atoms with Crippen molar-refractivity contribution in [2.24, 2.45) is 0 Å². The smallest absolute Gasteiger partial charge is 0.337 e. The van der Waals surface area contributed by atoms with Gasteiger partial charge >= 0.3 is 6.01 Å². The fraction of sp³-hybridized carbons (Fsp3) is 0.667. The topological polar surface area (TPSA) is 100 Å². The number of carbonyl (C=O) groups excluding carboxylic acids is 2. The Hall–Kier alpha value is -1.77. The van der Waals surface area contributed by atoms with Gasteiger partial charge in [0.2, 0.25) is 17.8 Å². The van der Waals surface area contributed by atoms with Gasteiger partial charge in [0, 0.05) is 12.2 Å². The van der Waals surface area contributed by atoms with Crippen LogP contribution in [0.25, 0.3) is 0 Å². The molecule has 2 fully saturated rings. The molecule has 1 aromatic rings. The van der Waals surface area contributed by atoms with E-state index in [0.29, 0.717) is 18.8 Å². The Balaban J connectivity index is 1.69. The molecule has 2 aliphatic rings. The third-order valence-electron chi connectivity index (χ3n) is 3.73. The maximum atomic E-state index is 12.4. The molecule has 1 aromatic heterocycles. The zero-order valence-electron chi connectivity index (χ0n) is 11.9. The maximum Gasteiger partial charge on any atom is 0.337 e. The minimum Gasteiger partial charge on any atom is -0.463 e. The first kappa shape index (κ1) is 14.2. The number of ether oxygens (including phenoxy) is 1. The second-order valence-corrected chi connectivity index (χ2v) is 6.66. The van der Waals surface area contributed by atoms with Crippen molar-refractivity contribution in [2.45, 2.75) is 37.6 Å². The number of amides is 2. The first-order chi connectivity index (χ1) is 10.0. The summed E-state index contributed by atoms with van der Waals surface area (Å²) in [5.74, 6) is 0.616. The van der Waals surface area contributed by atoms with E-state index >= 15 is 0 Å². The summed E-state index contributed by atoms with van der Waals surface area (Å²) in [7, 11) is 0. The van der Waals surface area contributed by atoms with Crippen LogP contribution in [-0.2, 0) is 9.59 Å². The first-order valence-corrected chi connectivity index (χ1v) is 7.84. The van der Waals surface area contributed by atoms with Crippen molar-refractivity contribution >= 4 is 29.5 Å². The molecule has 0 aromatic carbocycles. The van der Waals surface area contributed by atoms with Crippen molar-refractivity contribution in [3.05, 3.63) is 0 Å². The molecule has 9 heteroatoms. The van der Waals surface area contributed by atoms with Crippen LogP contribution in [-0.4, -0.2) is 55.2 Å². The fourth-order valence-electron chi connectivity index (χ4n) is 2.71. The quantitative estimate of drug-likeness (QED) is 0.844. The number of carbonyl (C=O) groups is 2. The van der Waals surface area contributed by atoms with Crippen LogP contribution in [0.5, 0.6) is 6.01 Å². The van der Waals surface area contributed by atoms with Crippen LogP contribution in [0.2, 0.25) is 0 Å². The fourth-order valence-corrected chi connectivity index (χ4v) is 4.14. The summed E-state index contributed by atoms with van der Waals surface area (Å²) in [6, 6.07) is -0.272. The number of thioether (sulfide) groups is 1. The number of nitrogens with one attached hydrogen (secondary N) is 2. The minimum atomic E-state index is -0.462. The van der Waals surface area contributed by atoms with E-state index in [0.717, 1.165) is 6.42 Å². The maximum absolute atomic E-state index is 12.4. The lowest BCUT2D eigenvalue weighted by Gasteiger charge is -2.29. The normalized spacial score (nSPS) is 27.8. The van der Waals surface area contributed by atoms with Crippen molar-refractivity contribution in [1.29, 1.82) is 0 Å². The molecule has 3 heterocycles. The van der Waals surface area contributed by atoms with E-state index in [2.05, 4.69) is 20.5 Å². The van der Waals surface area contributed by atoms with Gasteiger partial charge in [-0.3, -0.25) is 14.9 Å². The molecule has 2 unspecified atom stereocenters. The second kappa shape index (κ2) is 5.21. The number of nitrogens with zero attached hydrogens (tertiary/aromatic N) is 3. The van der Waals surface area contributed by atoms with Crippen molar-refractivity contribution in [3.8, 4) is 6.01 Å². The van der Waals surface area contributed by atoms with E-state index < -0.39 is 6.04 Å². The predicted octanol–water partition coefficient (Wildman–Crippen LogP) is 0.596. The van der Waals surface area contributed by atoms with Crippen LogP contribution in [0.4, 0.5) is 5.95 Å². The summed E-state index contributed by atoms with van der Waals surface area (Å²) < 4.78 is 5.12. The van der Waals surface area contributed by atoms with Gasteiger partial charge in [-0.1, -0.05) is 0 Å². The monoisotopic (exact) mass is 311 g/mol. The van der Waals surface area contributed by atoms with E-state index in [1.807, 2.05) is 13.8 Å². The van der Waals surface area contributed by atoms with Crippen LogP contribution in [0, 0.1) is 0 Å². The number of H-pyrrole nitrogens is 1. The SMILES string of the molecule is CCOc1n[nH]c(NC(=O)C2CSC3(C)CCC(=O)N23)n1. The van der Waals surface area contributed by atoms with E-state index in [1.54, 1.807) is 16.7 Å². The lowest BCUT2D eigenvalue weighted by atomic mass is 10.2. The van der Waals surface area contributed by atoms with Gasteiger partial charge in [0.05, 0.1) is 11.5 Å². The average molecular weight is 311 g/mol. The summed E-state index contributed by atoms with van der Waals surface area (Å²) in [5, 5.41) is 9.08. The van der Waals surface area contributed by atoms with E-state index in [1.165, 1.54) is 0 Å². The van der Waals surface area contributed by atoms with Crippen molar-refractivity contribution in [3.63, 3.8) is 0 Å². The molecular weight excluding hydrogens is 294 g/mol. The molecule has 114 valence electrons. The van der Waals surface area contributed by atoms with Crippen molar-refractivity contribution in [1.82, 2.24) is 20.1 Å². The summed E-state index contributed by atoms with van der Waals surface area (Å²) in [6.07, 6.45) is 1.29. The van der Waals surface area contributed by atoms with Crippen LogP contribution >= 0.6 is 11.8 Å². The molecule has 21 heavy (non-hydrogen) atoms. The molecule has 2 aliphatic heterocycles. The van der Waals surface area contributed by atoms with Gasteiger partial charge in [-0.2, -0.15) is 4.98 Å². The third kappa shape index (κ3) is 2.45. The van der Waals surface area contributed by atoms with E-state index in [9.17, 15) is 9.59 Å². The minimum absolute atomic E-state index is 0.0372. The van der Waals surface area contributed by atoms with Gasteiger partial charge in [0.25, 0.3) is 0 Å². The number of hydrogen-bond acceptors (Lipinski definition) is 6. The van der Waals surface area contributed by atoms with Crippen LogP contribution in [0.15, 0.2) is 0 Å². The molecule has 0 radical (unpaired) electrons. The Morgan fingerprint density at radius 3 is 3.24 bits per heavy atom. The Labute approximate surface area is 126 Å². The molecule has 2 amide bonds. The lowest BCUT2D eigenvalue weighted by molar-refractivity contribution is -0.135. The Morgan fingerprint density at radius 2 is 2.48 bits per heavy atom. The molecule has 0 aliphatic carbocycles. The molecule has 0 saturated carbocycles. The highest BCUT2D eigenvalue weighted by Crippen LogP contribution is 2.47. The Kier molecular flexibility index (Phi) is 3.52. The second-order valence-electron chi connectivity index (χ2n) is 5.15. The number of fused-ring (bicyclic) bond motifs is 1. The number of aromatic amines is 1. The van der Waals surface area contributed by atoms with Gasteiger partial charge in [-0.15, -0.1) is 16.9 Å². The van der Waals surface area contributed by atoms with Gasteiger partial charge in [-0.25, -0.2) is 5.10 Å². The summed E-state index contributed by atoms with van der Waals surface area (Å²) >= 11 is 1.65. The highest BCUT2D eigenvalue weighted by Gasteiger charge is 2.52. The summed E-state index contributed by atoms with van der Waals surface area (Å²) in [4.78, 5) is 29.8.